The Bertz CT molecular complexity index is 534. The van der Waals surface area contributed by atoms with Crippen LogP contribution in [0.25, 0.3) is 0 Å². The molecule has 0 rings (SSSR count). The van der Waals surface area contributed by atoms with Crippen LogP contribution in [0, 0.1) is 11.8 Å². The molecule has 2 unspecified atom stereocenters. The third-order valence-corrected chi connectivity index (χ3v) is 9.15. The summed E-state index contributed by atoms with van der Waals surface area (Å²) in [5.41, 5.74) is 0. The summed E-state index contributed by atoms with van der Waals surface area (Å²) in [6.45, 7) is 9.85. The van der Waals surface area contributed by atoms with E-state index >= 15 is 0 Å². The van der Waals surface area contributed by atoms with Gasteiger partial charge >= 0.3 is 10.4 Å². The van der Waals surface area contributed by atoms with E-state index in [1.165, 1.54) is 128 Å². The summed E-state index contributed by atoms with van der Waals surface area (Å²) < 4.78 is 33.8. The second-order valence-electron chi connectivity index (χ2n) is 12.5. The Balaban J connectivity index is 3.38. The number of hydrogen-bond donors (Lipinski definition) is 0. The van der Waals surface area contributed by atoms with Crippen LogP contribution in [0.2, 0.25) is 0 Å². The molecule has 0 fully saturated rings. The summed E-state index contributed by atoms with van der Waals surface area (Å²) in [6.07, 6.45) is 32.9. The van der Waals surface area contributed by atoms with Gasteiger partial charge < -0.3 is 0 Å². The topological polar surface area (TPSA) is 52.6 Å². The fourth-order valence-electron chi connectivity index (χ4n) is 5.44. The van der Waals surface area contributed by atoms with Crippen molar-refractivity contribution >= 4 is 10.4 Å². The Hall–Kier alpha value is -0.130. The van der Waals surface area contributed by atoms with E-state index in [0.29, 0.717) is 0 Å². The van der Waals surface area contributed by atoms with Crippen molar-refractivity contribution in [3.05, 3.63) is 0 Å². The monoisotopic (exact) mass is 574 g/mol. The fraction of sp³-hybridized carbons (Fsp3) is 1.00. The molecule has 0 aromatic heterocycles. The number of unbranched alkanes of at least 4 members (excludes halogenated alkanes) is 18. The second kappa shape index (κ2) is 29.4. The third-order valence-electron chi connectivity index (χ3n) is 8.24. The first-order chi connectivity index (χ1) is 18.9. The zero-order chi connectivity index (χ0) is 28.9. The minimum Gasteiger partial charge on any atom is -0.248 e. The molecule has 236 valence electrons. The number of rotatable bonds is 32. The summed E-state index contributed by atoms with van der Waals surface area (Å²) in [5, 5.41) is 0. The molecule has 2 atom stereocenters. The normalized spacial score (nSPS) is 13.6. The Morgan fingerprint density at radius 2 is 0.667 bits per heavy atom. The molecular formula is C34H70O4S. The largest absolute Gasteiger partial charge is 0.399 e. The van der Waals surface area contributed by atoms with Gasteiger partial charge in [-0.25, -0.2) is 8.37 Å². The molecule has 0 spiro atoms. The molecule has 0 heterocycles. The van der Waals surface area contributed by atoms with Gasteiger partial charge in [-0.15, -0.1) is 0 Å². The maximum Gasteiger partial charge on any atom is 0.399 e. The molecule has 0 aliphatic heterocycles. The van der Waals surface area contributed by atoms with Crippen LogP contribution in [-0.2, 0) is 18.8 Å². The molecule has 0 radical (unpaired) electrons. The Kier molecular flexibility index (Phi) is 29.3. The second-order valence-corrected chi connectivity index (χ2v) is 13.8. The van der Waals surface area contributed by atoms with Crippen LogP contribution in [0.15, 0.2) is 0 Å². The first kappa shape index (κ1) is 38.9. The molecule has 39 heavy (non-hydrogen) atoms. The van der Waals surface area contributed by atoms with Gasteiger partial charge in [0.25, 0.3) is 0 Å². The molecule has 0 aromatic rings. The van der Waals surface area contributed by atoms with Gasteiger partial charge in [0.05, 0.1) is 13.2 Å². The fourth-order valence-corrected chi connectivity index (χ4v) is 6.15. The van der Waals surface area contributed by atoms with Crippen LogP contribution < -0.4 is 0 Å². The molecule has 0 saturated carbocycles. The molecule has 5 heteroatoms. The van der Waals surface area contributed by atoms with E-state index in [1.54, 1.807) is 0 Å². The molecule has 0 aliphatic carbocycles. The van der Waals surface area contributed by atoms with Gasteiger partial charge in [0.15, 0.2) is 0 Å². The van der Waals surface area contributed by atoms with Gasteiger partial charge in [-0.2, -0.15) is 8.42 Å². The van der Waals surface area contributed by atoms with Crippen LogP contribution in [0.1, 0.15) is 195 Å². The highest BCUT2D eigenvalue weighted by Gasteiger charge is 2.11. The van der Waals surface area contributed by atoms with Crippen molar-refractivity contribution in [3.63, 3.8) is 0 Å². The van der Waals surface area contributed by atoms with Gasteiger partial charge in [0.1, 0.15) is 0 Å². The smallest absolute Gasteiger partial charge is 0.248 e. The molecule has 4 nitrogen and oxygen atoms in total. The van der Waals surface area contributed by atoms with Gasteiger partial charge in [0, 0.05) is 0 Å². The highest BCUT2D eigenvalue weighted by molar-refractivity contribution is 7.81. The van der Waals surface area contributed by atoms with Crippen LogP contribution >= 0.6 is 0 Å². The Labute approximate surface area is 246 Å². The van der Waals surface area contributed by atoms with E-state index in [1.807, 2.05) is 0 Å². The zero-order valence-corrected chi connectivity index (χ0v) is 27.8. The quantitative estimate of drug-likeness (QED) is 0.0750. The van der Waals surface area contributed by atoms with Crippen molar-refractivity contribution in [2.24, 2.45) is 11.8 Å². The molecular weight excluding hydrogens is 504 g/mol. The van der Waals surface area contributed by atoms with Crippen molar-refractivity contribution in [2.45, 2.75) is 195 Å². The van der Waals surface area contributed by atoms with Crippen LogP contribution in [0.4, 0.5) is 0 Å². The van der Waals surface area contributed by atoms with E-state index in [0.717, 1.165) is 50.4 Å². The Morgan fingerprint density at radius 3 is 0.974 bits per heavy atom. The lowest BCUT2D eigenvalue weighted by Crippen LogP contribution is -2.12. The lowest BCUT2D eigenvalue weighted by molar-refractivity contribution is 0.208. The molecule has 0 bridgehead atoms. The van der Waals surface area contributed by atoms with Crippen molar-refractivity contribution in [1.29, 1.82) is 0 Å². The van der Waals surface area contributed by atoms with E-state index in [-0.39, 0.29) is 13.2 Å². The van der Waals surface area contributed by atoms with E-state index in [4.69, 9.17) is 8.37 Å². The average Bonchev–Trinajstić information content (AvgIpc) is 2.90. The lowest BCUT2D eigenvalue weighted by atomic mass is 9.96. The van der Waals surface area contributed by atoms with Crippen molar-refractivity contribution in [2.75, 3.05) is 13.2 Å². The average molecular weight is 575 g/mol. The molecule has 0 saturated heterocycles. The molecule has 0 aliphatic rings. The van der Waals surface area contributed by atoms with E-state index in [9.17, 15) is 8.42 Å². The van der Waals surface area contributed by atoms with Gasteiger partial charge in [-0.05, 0) is 24.7 Å². The molecule has 0 amide bonds. The van der Waals surface area contributed by atoms with Crippen molar-refractivity contribution in [3.8, 4) is 0 Å². The summed E-state index contributed by atoms with van der Waals surface area (Å²) >= 11 is 0. The first-order valence-corrected chi connectivity index (χ1v) is 18.8. The minimum absolute atomic E-state index is 0.246. The third kappa shape index (κ3) is 30.7. The standard InChI is InChI=1S/C34H70O4S/c1-5-7-21-27-33(3)29-23-17-13-9-11-15-19-25-31-37-39(35,36)38-32-26-20-16-12-10-14-18-24-30-34(4)28-22-8-6-2/h33-34H,5-32H2,1-4H3. The summed E-state index contributed by atoms with van der Waals surface area (Å²) in [6, 6.07) is 0. The summed E-state index contributed by atoms with van der Waals surface area (Å²) in [4.78, 5) is 0. The maximum absolute atomic E-state index is 11.9. The van der Waals surface area contributed by atoms with Gasteiger partial charge in [-0.3, -0.25) is 0 Å². The van der Waals surface area contributed by atoms with Crippen LogP contribution in [0.3, 0.4) is 0 Å². The highest BCUT2D eigenvalue weighted by atomic mass is 32.3. The molecule has 0 aromatic carbocycles. The lowest BCUT2D eigenvalue weighted by Gasteiger charge is -2.10. The van der Waals surface area contributed by atoms with Crippen molar-refractivity contribution in [1.82, 2.24) is 0 Å². The van der Waals surface area contributed by atoms with E-state index < -0.39 is 10.4 Å². The Morgan fingerprint density at radius 1 is 0.410 bits per heavy atom. The SMILES string of the molecule is CCCCCC(C)CCCCCCCCCCOS(=O)(=O)OCCCCCCCCCCC(C)CCCCC. The maximum atomic E-state index is 11.9. The van der Waals surface area contributed by atoms with E-state index in [2.05, 4.69) is 27.7 Å². The molecule has 0 N–H and O–H groups in total. The minimum atomic E-state index is -3.83. The van der Waals surface area contributed by atoms with Gasteiger partial charge in [-0.1, -0.05) is 182 Å². The van der Waals surface area contributed by atoms with Crippen LogP contribution in [-0.4, -0.2) is 21.6 Å². The highest BCUT2D eigenvalue weighted by Crippen LogP contribution is 2.19. The van der Waals surface area contributed by atoms with Crippen molar-refractivity contribution < 1.29 is 16.8 Å². The predicted octanol–water partition coefficient (Wildman–Crippen LogP) is 11.7. The van der Waals surface area contributed by atoms with Gasteiger partial charge in [0.2, 0.25) is 0 Å². The predicted molar refractivity (Wildman–Crippen MR) is 171 cm³/mol. The van der Waals surface area contributed by atoms with Crippen LogP contribution in [0.5, 0.6) is 0 Å². The summed E-state index contributed by atoms with van der Waals surface area (Å²) in [5.74, 6) is 1.78. The summed E-state index contributed by atoms with van der Waals surface area (Å²) in [7, 11) is -3.83. The number of hydrogen-bond acceptors (Lipinski definition) is 4. The first-order valence-electron chi connectivity index (χ1n) is 17.4. The zero-order valence-electron chi connectivity index (χ0n) is 27.0.